The first-order chi connectivity index (χ1) is 21.2. The lowest BCUT2D eigenvalue weighted by Gasteiger charge is -2.15. The molecular weight excluding hydrogens is 524 g/mol. The van der Waals surface area contributed by atoms with Crippen LogP contribution >= 0.6 is 0 Å². The molecule has 0 bridgehead atoms. The van der Waals surface area contributed by atoms with Gasteiger partial charge in [0.05, 0.1) is 12.7 Å². The molecule has 0 aliphatic rings. The Bertz CT molecular complexity index is 1090. The summed E-state index contributed by atoms with van der Waals surface area (Å²) >= 11 is 0. The van der Waals surface area contributed by atoms with E-state index in [1.54, 1.807) is 0 Å². The summed E-state index contributed by atoms with van der Waals surface area (Å²) in [6, 6.07) is 26.3. The van der Waals surface area contributed by atoms with Crippen LogP contribution in [0.1, 0.15) is 142 Å². The fourth-order valence-electron chi connectivity index (χ4n) is 5.85. The lowest BCUT2D eigenvalue weighted by molar-refractivity contribution is 0.0627. The Morgan fingerprint density at radius 1 is 0.465 bits per heavy atom. The van der Waals surface area contributed by atoms with Crippen molar-refractivity contribution < 1.29 is 9.47 Å². The first-order valence-electron chi connectivity index (χ1n) is 17.8. The summed E-state index contributed by atoms with van der Waals surface area (Å²) in [4.78, 5) is 0. The Kier molecular flexibility index (Phi) is 17.9. The van der Waals surface area contributed by atoms with E-state index in [2.05, 4.69) is 93.6 Å². The molecule has 2 heteroatoms. The Balaban J connectivity index is 1.41. The van der Waals surface area contributed by atoms with Crippen molar-refractivity contribution in [3.63, 3.8) is 0 Å². The molecule has 43 heavy (non-hydrogen) atoms. The smallest absolute Gasteiger partial charge is 0.119 e. The van der Waals surface area contributed by atoms with Crippen LogP contribution in [0.4, 0.5) is 0 Å². The maximum absolute atomic E-state index is 6.17. The van der Waals surface area contributed by atoms with Gasteiger partial charge in [0.1, 0.15) is 5.75 Å². The van der Waals surface area contributed by atoms with Gasteiger partial charge in [0.15, 0.2) is 0 Å². The van der Waals surface area contributed by atoms with Crippen LogP contribution in [0.15, 0.2) is 72.8 Å². The normalized spacial score (nSPS) is 12.0. The number of unbranched alkanes of at least 4 members (excludes halogenated alkanes) is 15. The van der Waals surface area contributed by atoms with E-state index < -0.39 is 0 Å². The highest BCUT2D eigenvalue weighted by molar-refractivity contribution is 5.83. The minimum atomic E-state index is 0.122. The molecule has 0 spiro atoms. The van der Waals surface area contributed by atoms with Crippen LogP contribution in [0.25, 0.3) is 22.3 Å². The third-order valence-electron chi connectivity index (χ3n) is 8.67. The topological polar surface area (TPSA) is 18.5 Å². The van der Waals surface area contributed by atoms with Crippen LogP contribution in [-0.2, 0) is 4.74 Å². The first-order valence-corrected chi connectivity index (χ1v) is 17.8. The average molecular weight is 585 g/mol. The van der Waals surface area contributed by atoms with Crippen molar-refractivity contribution in [2.45, 2.75) is 136 Å². The van der Waals surface area contributed by atoms with Gasteiger partial charge < -0.3 is 9.47 Å². The van der Waals surface area contributed by atoms with Crippen LogP contribution in [0.2, 0.25) is 0 Å². The van der Waals surface area contributed by atoms with Gasteiger partial charge in [0, 0.05) is 6.61 Å². The quantitative estimate of drug-likeness (QED) is 0.0975. The molecule has 1 atom stereocenters. The van der Waals surface area contributed by atoms with Crippen molar-refractivity contribution in [1.82, 2.24) is 0 Å². The summed E-state index contributed by atoms with van der Waals surface area (Å²) in [5.74, 6) is 0.965. The highest BCUT2D eigenvalue weighted by Gasteiger charge is 2.10. The molecule has 2 nitrogen and oxygen atoms in total. The number of rotatable bonds is 24. The second-order valence-corrected chi connectivity index (χ2v) is 12.4. The van der Waals surface area contributed by atoms with Crippen LogP contribution in [-0.4, -0.2) is 13.2 Å². The van der Waals surface area contributed by atoms with Gasteiger partial charge in [-0.05, 0) is 59.7 Å². The first kappa shape index (κ1) is 34.9. The van der Waals surface area contributed by atoms with E-state index in [9.17, 15) is 0 Å². The Hall–Kier alpha value is -2.58. The molecule has 0 saturated carbocycles. The zero-order valence-corrected chi connectivity index (χ0v) is 27.8. The predicted octanol–water partition coefficient (Wildman–Crippen LogP) is 13.1. The Labute approximate surface area is 264 Å². The van der Waals surface area contributed by atoms with Crippen LogP contribution in [0.3, 0.4) is 0 Å². The van der Waals surface area contributed by atoms with Crippen LogP contribution < -0.4 is 4.74 Å². The van der Waals surface area contributed by atoms with E-state index in [1.807, 2.05) is 0 Å². The van der Waals surface area contributed by atoms with Crippen molar-refractivity contribution in [2.24, 2.45) is 0 Å². The molecule has 0 radical (unpaired) electrons. The second-order valence-electron chi connectivity index (χ2n) is 12.4. The molecule has 3 aromatic carbocycles. The highest BCUT2D eigenvalue weighted by Crippen LogP contribution is 2.33. The van der Waals surface area contributed by atoms with E-state index >= 15 is 0 Å². The summed E-state index contributed by atoms with van der Waals surface area (Å²) in [7, 11) is 0. The van der Waals surface area contributed by atoms with Gasteiger partial charge in [-0.25, -0.2) is 0 Å². The molecule has 0 fully saturated rings. The zero-order chi connectivity index (χ0) is 30.4. The second kappa shape index (κ2) is 22.0. The fraction of sp³-hybridized carbons (Fsp3) is 0.561. The minimum absolute atomic E-state index is 0.122. The maximum atomic E-state index is 6.17. The monoisotopic (exact) mass is 584 g/mol. The number of ether oxygens (including phenoxy) is 2. The lowest BCUT2D eigenvalue weighted by atomic mass is 9.94. The molecule has 3 rings (SSSR count). The molecule has 0 aliphatic carbocycles. The third kappa shape index (κ3) is 13.7. The van der Waals surface area contributed by atoms with Gasteiger partial charge in [0.25, 0.3) is 0 Å². The summed E-state index contributed by atoms with van der Waals surface area (Å²) in [6.45, 7) is 8.38. The predicted molar refractivity (Wildman–Crippen MR) is 187 cm³/mol. The summed E-state index contributed by atoms with van der Waals surface area (Å²) < 4.78 is 12.2. The Morgan fingerprint density at radius 3 is 1.37 bits per heavy atom. The van der Waals surface area contributed by atoms with Gasteiger partial charge in [0.2, 0.25) is 0 Å². The van der Waals surface area contributed by atoms with Crippen LogP contribution in [0.5, 0.6) is 5.75 Å². The molecular formula is C41H60O2. The van der Waals surface area contributed by atoms with Crippen molar-refractivity contribution in [2.75, 3.05) is 13.2 Å². The lowest BCUT2D eigenvalue weighted by Crippen LogP contribution is -2.02. The average Bonchev–Trinajstić information content (AvgIpc) is 3.05. The van der Waals surface area contributed by atoms with Crippen molar-refractivity contribution in [3.8, 4) is 28.0 Å². The van der Waals surface area contributed by atoms with Crippen molar-refractivity contribution in [1.29, 1.82) is 0 Å². The highest BCUT2D eigenvalue weighted by atomic mass is 16.5. The van der Waals surface area contributed by atoms with E-state index in [0.717, 1.165) is 31.8 Å². The molecule has 0 saturated heterocycles. The summed E-state index contributed by atoms with van der Waals surface area (Å²) in [5.41, 5.74) is 6.20. The molecule has 0 N–H and O–H groups in total. The van der Waals surface area contributed by atoms with Gasteiger partial charge in [-0.2, -0.15) is 0 Å². The van der Waals surface area contributed by atoms with Crippen LogP contribution in [0, 0.1) is 0 Å². The Morgan fingerprint density at radius 2 is 0.884 bits per heavy atom. The SMILES string of the molecule is CCCCCCCCCCCCOc1ccc(-c2ccccc2-c2ccc(C(C)OCCCCCCCCC)cc2)cc1. The van der Waals surface area contributed by atoms with E-state index in [0.29, 0.717) is 0 Å². The van der Waals surface area contributed by atoms with Gasteiger partial charge >= 0.3 is 0 Å². The maximum Gasteiger partial charge on any atom is 0.119 e. The van der Waals surface area contributed by atoms with Gasteiger partial charge in [-0.1, -0.05) is 171 Å². The minimum Gasteiger partial charge on any atom is -0.494 e. The van der Waals surface area contributed by atoms with Crippen molar-refractivity contribution >= 4 is 0 Å². The molecule has 1 unspecified atom stereocenters. The number of hydrogen-bond acceptors (Lipinski definition) is 2. The molecule has 0 amide bonds. The number of benzene rings is 3. The molecule has 236 valence electrons. The molecule has 0 aliphatic heterocycles. The van der Waals surface area contributed by atoms with E-state index in [1.165, 1.54) is 124 Å². The summed E-state index contributed by atoms with van der Waals surface area (Å²) in [6.07, 6.45) is 22.8. The van der Waals surface area contributed by atoms with E-state index in [4.69, 9.17) is 9.47 Å². The van der Waals surface area contributed by atoms with Gasteiger partial charge in [-0.15, -0.1) is 0 Å². The van der Waals surface area contributed by atoms with E-state index in [-0.39, 0.29) is 6.10 Å². The third-order valence-corrected chi connectivity index (χ3v) is 8.67. The standard InChI is InChI=1S/C41H60O2/c1-4-6-8-10-12-13-14-16-18-22-34-43-39-31-29-38(30-32-39)41-24-20-19-23-40(41)37-27-25-36(26-28-37)35(3)42-33-21-17-15-11-9-7-5-2/h19-20,23-32,35H,4-18,21-22,33-34H2,1-3H3. The number of hydrogen-bond donors (Lipinski definition) is 0. The molecule has 3 aromatic rings. The largest absolute Gasteiger partial charge is 0.494 e. The fourth-order valence-corrected chi connectivity index (χ4v) is 5.85. The molecule has 0 heterocycles. The van der Waals surface area contributed by atoms with Gasteiger partial charge in [-0.3, -0.25) is 0 Å². The zero-order valence-electron chi connectivity index (χ0n) is 27.8. The summed E-state index contributed by atoms with van der Waals surface area (Å²) in [5, 5.41) is 0. The van der Waals surface area contributed by atoms with Crippen molar-refractivity contribution in [3.05, 3.63) is 78.4 Å². The molecule has 0 aromatic heterocycles.